The molecule has 2 amide bonds. The maximum absolute atomic E-state index is 12.5. The van der Waals surface area contributed by atoms with Gasteiger partial charge >= 0.3 is 0 Å². The zero-order valence-electron chi connectivity index (χ0n) is 14.7. The summed E-state index contributed by atoms with van der Waals surface area (Å²) in [5, 5.41) is 4.94. The van der Waals surface area contributed by atoms with E-state index in [1.165, 1.54) is 0 Å². The third-order valence-corrected chi connectivity index (χ3v) is 5.43. The molecule has 0 aliphatic carbocycles. The molecule has 6 nitrogen and oxygen atoms in total. The zero-order valence-corrected chi connectivity index (χ0v) is 15.5. The van der Waals surface area contributed by atoms with Crippen molar-refractivity contribution in [2.45, 2.75) is 38.6 Å². The molecule has 1 atom stereocenters. The van der Waals surface area contributed by atoms with E-state index in [0.29, 0.717) is 12.2 Å². The van der Waals surface area contributed by atoms with Gasteiger partial charge in [0.15, 0.2) is 0 Å². The van der Waals surface area contributed by atoms with Crippen LogP contribution in [-0.2, 0) is 18.3 Å². The molecule has 0 aromatic carbocycles. The van der Waals surface area contributed by atoms with Crippen molar-refractivity contribution in [3.05, 3.63) is 40.1 Å². The number of hydrogen-bond acceptors (Lipinski definition) is 4. The van der Waals surface area contributed by atoms with Gasteiger partial charge in [-0.15, -0.1) is 11.3 Å². The summed E-state index contributed by atoms with van der Waals surface area (Å²) in [5.74, 6) is 0.00864. The summed E-state index contributed by atoms with van der Waals surface area (Å²) in [7, 11) is 1.90. The first kappa shape index (κ1) is 17.7. The highest BCUT2D eigenvalue weighted by atomic mass is 32.1. The fourth-order valence-corrected chi connectivity index (χ4v) is 4.05. The van der Waals surface area contributed by atoms with E-state index in [2.05, 4.69) is 10.3 Å². The van der Waals surface area contributed by atoms with Crippen molar-refractivity contribution in [3.8, 4) is 0 Å². The van der Waals surface area contributed by atoms with Gasteiger partial charge in [-0.25, -0.2) is 4.98 Å². The number of hydrogen-bond donors (Lipinski definition) is 1. The molecular weight excluding hydrogens is 336 g/mol. The van der Waals surface area contributed by atoms with Gasteiger partial charge in [0.2, 0.25) is 5.91 Å². The summed E-state index contributed by atoms with van der Waals surface area (Å²) in [6, 6.07) is 3.88. The first-order chi connectivity index (χ1) is 12.1. The highest BCUT2D eigenvalue weighted by Gasteiger charge is 2.28. The summed E-state index contributed by atoms with van der Waals surface area (Å²) in [6.07, 6.45) is 3.83. The monoisotopic (exact) mass is 360 g/mol. The average molecular weight is 360 g/mol. The van der Waals surface area contributed by atoms with Crippen LogP contribution in [0.3, 0.4) is 0 Å². The lowest BCUT2D eigenvalue weighted by Crippen LogP contribution is -2.38. The van der Waals surface area contributed by atoms with Gasteiger partial charge in [-0.05, 0) is 31.4 Å². The molecule has 3 heterocycles. The van der Waals surface area contributed by atoms with Gasteiger partial charge in [-0.1, -0.05) is 0 Å². The van der Waals surface area contributed by atoms with E-state index in [-0.39, 0.29) is 17.9 Å². The Balaban J connectivity index is 1.67. The Hall–Kier alpha value is -2.15. The number of likely N-dealkylation sites (tertiary alicyclic amines) is 1. The van der Waals surface area contributed by atoms with Crippen molar-refractivity contribution in [3.63, 3.8) is 0 Å². The smallest absolute Gasteiger partial charge is 0.267 e. The van der Waals surface area contributed by atoms with Gasteiger partial charge in [0.25, 0.3) is 5.91 Å². The van der Waals surface area contributed by atoms with Gasteiger partial charge < -0.3 is 14.8 Å². The van der Waals surface area contributed by atoms with Crippen LogP contribution in [0.2, 0.25) is 0 Å². The second kappa shape index (κ2) is 7.82. The van der Waals surface area contributed by atoms with Gasteiger partial charge in [0.05, 0.1) is 17.2 Å². The summed E-state index contributed by atoms with van der Waals surface area (Å²) >= 11 is 1.56. The number of thiazole rings is 1. The van der Waals surface area contributed by atoms with Gasteiger partial charge in [-0.2, -0.15) is 0 Å². The Kier molecular flexibility index (Phi) is 5.53. The van der Waals surface area contributed by atoms with Crippen LogP contribution in [0.15, 0.2) is 23.0 Å². The van der Waals surface area contributed by atoms with E-state index in [0.717, 1.165) is 43.6 Å². The minimum Gasteiger partial charge on any atom is -0.350 e. The number of piperidine rings is 1. The quantitative estimate of drug-likeness (QED) is 0.891. The summed E-state index contributed by atoms with van der Waals surface area (Å²) in [4.78, 5) is 30.5. The molecule has 1 fully saturated rings. The standard InChI is InChI=1S/C18H24N4O2S/c1-13(23)22-10-4-3-5-16(22)15-6-7-17(21(15)2)18(24)19-9-8-14-11-25-12-20-14/h6-7,11-12,16H,3-5,8-10H2,1-2H3,(H,19,24)/t16-/m1/s1. The van der Waals surface area contributed by atoms with E-state index < -0.39 is 0 Å². The number of amides is 2. The Morgan fingerprint density at radius 3 is 2.92 bits per heavy atom. The van der Waals surface area contributed by atoms with E-state index >= 15 is 0 Å². The second-order valence-corrected chi connectivity index (χ2v) is 7.13. The van der Waals surface area contributed by atoms with E-state index in [1.54, 1.807) is 23.8 Å². The molecule has 3 rings (SSSR count). The highest BCUT2D eigenvalue weighted by molar-refractivity contribution is 7.07. The lowest BCUT2D eigenvalue weighted by atomic mass is 9.99. The average Bonchev–Trinajstić information content (AvgIpc) is 3.24. The third kappa shape index (κ3) is 3.92. The molecule has 7 heteroatoms. The molecule has 2 aromatic rings. The second-order valence-electron chi connectivity index (χ2n) is 6.41. The highest BCUT2D eigenvalue weighted by Crippen LogP contribution is 2.31. The Morgan fingerprint density at radius 2 is 2.20 bits per heavy atom. The molecule has 1 aliphatic rings. The first-order valence-corrected chi connectivity index (χ1v) is 9.60. The lowest BCUT2D eigenvalue weighted by molar-refractivity contribution is -0.132. The Bertz CT molecular complexity index is 738. The van der Waals surface area contributed by atoms with Crippen LogP contribution in [0.1, 0.15) is 54.1 Å². The molecule has 0 spiro atoms. The SMILES string of the molecule is CC(=O)N1CCCC[C@@H]1c1ccc(C(=O)NCCc2cscn2)n1C. The molecule has 0 radical (unpaired) electrons. The van der Waals surface area contributed by atoms with Crippen molar-refractivity contribution in [2.24, 2.45) is 7.05 Å². The van der Waals surface area contributed by atoms with Gasteiger partial charge in [-0.3, -0.25) is 9.59 Å². The lowest BCUT2D eigenvalue weighted by Gasteiger charge is -2.35. The number of aromatic nitrogens is 2. The van der Waals surface area contributed by atoms with E-state index in [9.17, 15) is 9.59 Å². The van der Waals surface area contributed by atoms with Crippen LogP contribution in [0, 0.1) is 0 Å². The van der Waals surface area contributed by atoms with Crippen molar-refractivity contribution < 1.29 is 9.59 Å². The van der Waals surface area contributed by atoms with Crippen LogP contribution < -0.4 is 5.32 Å². The van der Waals surface area contributed by atoms with E-state index in [4.69, 9.17) is 0 Å². The van der Waals surface area contributed by atoms with Crippen molar-refractivity contribution >= 4 is 23.2 Å². The molecular formula is C18H24N4O2S. The molecule has 1 saturated heterocycles. The summed E-state index contributed by atoms with van der Waals surface area (Å²) < 4.78 is 1.92. The molecule has 25 heavy (non-hydrogen) atoms. The van der Waals surface area contributed by atoms with E-state index in [1.807, 2.05) is 34.0 Å². The molecule has 2 aromatic heterocycles. The largest absolute Gasteiger partial charge is 0.350 e. The minimum absolute atomic E-state index is 0.0628. The number of rotatable bonds is 5. The zero-order chi connectivity index (χ0) is 17.8. The molecule has 0 bridgehead atoms. The number of carbonyl (C=O) groups is 2. The molecule has 1 aliphatic heterocycles. The fraction of sp³-hybridized carbons (Fsp3) is 0.500. The summed E-state index contributed by atoms with van der Waals surface area (Å²) in [6.45, 7) is 2.97. The molecule has 0 saturated carbocycles. The van der Waals surface area contributed by atoms with Crippen LogP contribution in [-0.4, -0.2) is 39.4 Å². The Morgan fingerprint density at radius 1 is 1.36 bits per heavy atom. The van der Waals surface area contributed by atoms with Crippen molar-refractivity contribution in [1.82, 2.24) is 19.8 Å². The van der Waals surface area contributed by atoms with Crippen molar-refractivity contribution in [2.75, 3.05) is 13.1 Å². The van der Waals surface area contributed by atoms with Gasteiger partial charge in [0.1, 0.15) is 5.69 Å². The number of nitrogens with one attached hydrogen (secondary N) is 1. The number of carbonyl (C=O) groups excluding carboxylic acids is 2. The molecule has 134 valence electrons. The number of nitrogens with zero attached hydrogens (tertiary/aromatic N) is 3. The maximum Gasteiger partial charge on any atom is 0.267 e. The topological polar surface area (TPSA) is 67.2 Å². The maximum atomic E-state index is 12.5. The van der Waals surface area contributed by atoms with Crippen LogP contribution in [0.25, 0.3) is 0 Å². The third-order valence-electron chi connectivity index (χ3n) is 4.79. The van der Waals surface area contributed by atoms with Crippen molar-refractivity contribution in [1.29, 1.82) is 0 Å². The molecule has 1 N–H and O–H groups in total. The fourth-order valence-electron chi connectivity index (χ4n) is 3.46. The predicted octanol–water partition coefficient (Wildman–Crippen LogP) is 2.53. The van der Waals surface area contributed by atoms with Crippen LogP contribution in [0.4, 0.5) is 0 Å². The minimum atomic E-state index is -0.0887. The first-order valence-electron chi connectivity index (χ1n) is 8.66. The van der Waals surface area contributed by atoms with Crippen LogP contribution in [0.5, 0.6) is 0 Å². The summed E-state index contributed by atoms with van der Waals surface area (Å²) in [5.41, 5.74) is 4.45. The Labute approximate surface area is 151 Å². The molecule has 0 unspecified atom stereocenters. The predicted molar refractivity (Wildman–Crippen MR) is 97.5 cm³/mol. The normalized spacial score (nSPS) is 17.5. The van der Waals surface area contributed by atoms with Crippen LogP contribution >= 0.6 is 11.3 Å². The van der Waals surface area contributed by atoms with Gasteiger partial charge in [0, 0.05) is 44.6 Å².